The number of fused-ring (bicyclic) bond motifs is 2. The second kappa shape index (κ2) is 4.00. The van der Waals surface area contributed by atoms with Crippen molar-refractivity contribution in [2.75, 3.05) is 0 Å². The van der Waals surface area contributed by atoms with Crippen LogP contribution in [0.25, 0.3) is 0 Å². The van der Waals surface area contributed by atoms with E-state index in [0.29, 0.717) is 5.92 Å². The van der Waals surface area contributed by atoms with Gasteiger partial charge in [0, 0.05) is 0 Å². The third-order valence-electron chi connectivity index (χ3n) is 5.85. The Balaban J connectivity index is 1.71. The minimum atomic E-state index is -0.510. The maximum absolute atomic E-state index is 11.7. The van der Waals surface area contributed by atoms with E-state index in [1.165, 1.54) is 25.7 Å². The van der Waals surface area contributed by atoms with Crippen LogP contribution in [0.5, 0.6) is 0 Å². The largest absolute Gasteiger partial charge is 0.481 e. The van der Waals surface area contributed by atoms with Gasteiger partial charge < -0.3 is 5.11 Å². The summed E-state index contributed by atoms with van der Waals surface area (Å²) < 4.78 is 0. The van der Waals surface area contributed by atoms with Crippen molar-refractivity contribution in [3.05, 3.63) is 0 Å². The van der Waals surface area contributed by atoms with Gasteiger partial charge in [-0.25, -0.2) is 0 Å². The number of carbonyl (C=O) groups is 1. The maximum Gasteiger partial charge on any atom is 0.309 e. The van der Waals surface area contributed by atoms with Crippen molar-refractivity contribution in [1.29, 1.82) is 0 Å². The number of hydrogen-bond donors (Lipinski definition) is 1. The predicted molar refractivity (Wildman–Crippen MR) is 66.6 cm³/mol. The van der Waals surface area contributed by atoms with E-state index in [-0.39, 0.29) is 5.41 Å². The van der Waals surface area contributed by atoms with Crippen LogP contribution in [0.15, 0.2) is 0 Å². The molecule has 3 fully saturated rings. The molecule has 0 aromatic carbocycles. The van der Waals surface area contributed by atoms with Crippen molar-refractivity contribution in [2.24, 2.45) is 29.1 Å². The van der Waals surface area contributed by atoms with E-state index in [9.17, 15) is 9.90 Å². The van der Waals surface area contributed by atoms with Crippen LogP contribution in [0, 0.1) is 29.1 Å². The van der Waals surface area contributed by atoms with Crippen molar-refractivity contribution < 1.29 is 9.90 Å². The molecule has 3 saturated carbocycles. The van der Waals surface area contributed by atoms with E-state index in [2.05, 4.69) is 6.92 Å². The fourth-order valence-electron chi connectivity index (χ4n) is 4.99. The lowest BCUT2D eigenvalue weighted by atomic mass is 9.72. The van der Waals surface area contributed by atoms with Crippen molar-refractivity contribution in [1.82, 2.24) is 0 Å². The Hall–Kier alpha value is -0.530. The second-order valence-electron chi connectivity index (χ2n) is 7.07. The highest BCUT2D eigenvalue weighted by atomic mass is 16.4. The van der Waals surface area contributed by atoms with Crippen LogP contribution < -0.4 is 0 Å². The van der Waals surface area contributed by atoms with E-state index in [4.69, 9.17) is 0 Å². The fraction of sp³-hybridized carbons (Fsp3) is 0.933. The van der Waals surface area contributed by atoms with Crippen molar-refractivity contribution in [2.45, 2.75) is 58.3 Å². The minimum absolute atomic E-state index is 0.353. The molecule has 0 aromatic heterocycles. The summed E-state index contributed by atoms with van der Waals surface area (Å²) in [5, 5.41) is 9.61. The number of rotatable bonds is 3. The zero-order chi connectivity index (χ0) is 12.0. The van der Waals surface area contributed by atoms with Gasteiger partial charge in [0.15, 0.2) is 0 Å². The summed E-state index contributed by atoms with van der Waals surface area (Å²) in [5.74, 6) is 2.64. The molecular formula is C15H24O2. The third kappa shape index (κ3) is 1.90. The van der Waals surface area contributed by atoms with Crippen molar-refractivity contribution >= 4 is 5.97 Å². The first-order chi connectivity index (χ1) is 8.09. The molecule has 0 aliphatic heterocycles. The van der Waals surface area contributed by atoms with Gasteiger partial charge in [0.1, 0.15) is 0 Å². The lowest BCUT2D eigenvalue weighted by Gasteiger charge is -2.31. The smallest absolute Gasteiger partial charge is 0.309 e. The molecule has 0 aromatic rings. The highest BCUT2D eigenvalue weighted by Crippen LogP contribution is 2.55. The minimum Gasteiger partial charge on any atom is -0.481 e. The molecule has 5 unspecified atom stereocenters. The van der Waals surface area contributed by atoms with Crippen LogP contribution >= 0.6 is 0 Å². The Morgan fingerprint density at radius 2 is 2.12 bits per heavy atom. The van der Waals surface area contributed by atoms with Gasteiger partial charge in [0.2, 0.25) is 0 Å². The summed E-state index contributed by atoms with van der Waals surface area (Å²) in [5.41, 5.74) is -0.353. The molecule has 0 saturated heterocycles. The van der Waals surface area contributed by atoms with E-state index < -0.39 is 5.97 Å². The highest BCUT2D eigenvalue weighted by Gasteiger charge is 2.49. The lowest BCUT2D eigenvalue weighted by Crippen LogP contribution is -2.32. The topological polar surface area (TPSA) is 37.3 Å². The first kappa shape index (κ1) is 11.6. The van der Waals surface area contributed by atoms with Crippen LogP contribution in [-0.4, -0.2) is 11.1 Å². The molecule has 0 amide bonds. The van der Waals surface area contributed by atoms with Gasteiger partial charge in [0.25, 0.3) is 0 Å². The van der Waals surface area contributed by atoms with Crippen LogP contribution in [0.3, 0.4) is 0 Å². The first-order valence-electron chi connectivity index (χ1n) is 7.32. The van der Waals surface area contributed by atoms with Gasteiger partial charge in [0.05, 0.1) is 5.41 Å². The Bertz CT molecular complexity index is 325. The molecule has 3 rings (SSSR count). The maximum atomic E-state index is 11.7. The molecule has 2 bridgehead atoms. The average Bonchev–Trinajstić information content (AvgIpc) is 2.94. The lowest BCUT2D eigenvalue weighted by molar-refractivity contribution is -0.150. The number of carboxylic acid groups (broad SMARTS) is 1. The number of aliphatic carboxylic acids is 1. The SMILES string of the molecule is CC1CCC(CC2CC3CCC2C3)(C(=O)O)C1. The monoisotopic (exact) mass is 236 g/mol. The predicted octanol–water partition coefficient (Wildman–Crippen LogP) is 3.70. The molecule has 17 heavy (non-hydrogen) atoms. The van der Waals surface area contributed by atoms with E-state index in [0.717, 1.165) is 43.4 Å². The van der Waals surface area contributed by atoms with Gasteiger partial charge in [-0.05, 0) is 68.6 Å². The fourth-order valence-corrected chi connectivity index (χ4v) is 4.99. The van der Waals surface area contributed by atoms with E-state index >= 15 is 0 Å². The Kier molecular flexibility index (Phi) is 2.72. The third-order valence-corrected chi connectivity index (χ3v) is 5.85. The molecule has 2 nitrogen and oxygen atoms in total. The zero-order valence-electron chi connectivity index (χ0n) is 10.8. The summed E-state index contributed by atoms with van der Waals surface area (Å²) in [6.45, 7) is 2.21. The van der Waals surface area contributed by atoms with E-state index in [1.54, 1.807) is 0 Å². The summed E-state index contributed by atoms with van der Waals surface area (Å²) in [4.78, 5) is 11.7. The molecule has 0 heterocycles. The van der Waals surface area contributed by atoms with Crippen LogP contribution in [0.4, 0.5) is 0 Å². The molecule has 5 atom stereocenters. The van der Waals surface area contributed by atoms with Crippen LogP contribution in [-0.2, 0) is 4.79 Å². The zero-order valence-corrected chi connectivity index (χ0v) is 10.8. The summed E-state index contributed by atoms with van der Waals surface area (Å²) in [6.07, 6.45) is 9.47. The molecule has 0 spiro atoms. The summed E-state index contributed by atoms with van der Waals surface area (Å²) >= 11 is 0. The van der Waals surface area contributed by atoms with Gasteiger partial charge >= 0.3 is 5.97 Å². The standard InChI is InChI=1S/C15H24O2/c1-10-4-5-15(8-10,14(16)17)9-13-7-11-2-3-12(13)6-11/h10-13H,2-9H2,1H3,(H,16,17). The Morgan fingerprint density at radius 1 is 1.29 bits per heavy atom. The Labute approximate surface area is 104 Å². The quantitative estimate of drug-likeness (QED) is 0.811. The first-order valence-corrected chi connectivity index (χ1v) is 7.32. The average molecular weight is 236 g/mol. The molecule has 2 heteroatoms. The second-order valence-corrected chi connectivity index (χ2v) is 7.07. The molecule has 1 N–H and O–H groups in total. The van der Waals surface area contributed by atoms with Crippen molar-refractivity contribution in [3.63, 3.8) is 0 Å². The molecule has 0 radical (unpaired) electrons. The van der Waals surface area contributed by atoms with Gasteiger partial charge in [-0.3, -0.25) is 4.79 Å². The molecular weight excluding hydrogens is 212 g/mol. The normalized spacial score (nSPS) is 48.8. The Morgan fingerprint density at radius 3 is 2.59 bits per heavy atom. The van der Waals surface area contributed by atoms with Gasteiger partial charge in [-0.1, -0.05) is 13.3 Å². The summed E-state index contributed by atoms with van der Waals surface area (Å²) in [7, 11) is 0. The number of carboxylic acids is 1. The van der Waals surface area contributed by atoms with Gasteiger partial charge in [-0.15, -0.1) is 0 Å². The number of hydrogen-bond acceptors (Lipinski definition) is 1. The molecule has 3 aliphatic rings. The van der Waals surface area contributed by atoms with Crippen LogP contribution in [0.1, 0.15) is 58.3 Å². The highest BCUT2D eigenvalue weighted by molar-refractivity contribution is 5.75. The van der Waals surface area contributed by atoms with Crippen molar-refractivity contribution in [3.8, 4) is 0 Å². The van der Waals surface area contributed by atoms with E-state index in [1.807, 2.05) is 0 Å². The molecule has 96 valence electrons. The van der Waals surface area contributed by atoms with Crippen LogP contribution in [0.2, 0.25) is 0 Å². The van der Waals surface area contributed by atoms with Gasteiger partial charge in [-0.2, -0.15) is 0 Å². The molecule has 3 aliphatic carbocycles. The summed E-state index contributed by atoms with van der Waals surface area (Å²) in [6, 6.07) is 0.